The minimum atomic E-state index is 0.164. The summed E-state index contributed by atoms with van der Waals surface area (Å²) in [6.45, 7) is 5.74. The van der Waals surface area contributed by atoms with Crippen molar-refractivity contribution in [3.05, 3.63) is 35.4 Å². The van der Waals surface area contributed by atoms with Gasteiger partial charge in [0.1, 0.15) is 0 Å². The van der Waals surface area contributed by atoms with Gasteiger partial charge < -0.3 is 4.90 Å². The van der Waals surface area contributed by atoms with Gasteiger partial charge in [0.05, 0.1) is 0 Å². The molecule has 2 atom stereocenters. The summed E-state index contributed by atoms with van der Waals surface area (Å²) in [5.41, 5.74) is 1.99. The number of fused-ring (bicyclic) bond motifs is 1. The molecule has 110 valence electrons. The quantitative estimate of drug-likeness (QED) is 0.662. The van der Waals surface area contributed by atoms with Crippen molar-refractivity contribution in [2.24, 2.45) is 5.84 Å². The van der Waals surface area contributed by atoms with E-state index in [0.717, 1.165) is 37.1 Å². The summed E-state index contributed by atoms with van der Waals surface area (Å²) >= 11 is 0. The number of likely N-dealkylation sites (N-methyl/N-ethyl adjacent to an activating group) is 2. The maximum atomic E-state index is 12.6. The number of carbonyl (C=O) groups is 1. The second-order valence-electron chi connectivity index (χ2n) is 5.58. The third kappa shape index (κ3) is 2.72. The molecule has 1 aliphatic rings. The third-order valence-electron chi connectivity index (χ3n) is 4.13. The maximum Gasteiger partial charge on any atom is 0.254 e. The molecule has 0 spiro atoms. The molecule has 0 saturated heterocycles. The fraction of sp³-hybridized carbons (Fsp3) is 0.562. The second-order valence-corrected chi connectivity index (χ2v) is 5.58. The molecule has 20 heavy (non-hydrogen) atoms. The van der Waals surface area contributed by atoms with Crippen molar-refractivity contribution in [2.45, 2.75) is 38.6 Å². The minimum absolute atomic E-state index is 0.164. The van der Waals surface area contributed by atoms with E-state index in [1.807, 2.05) is 30.1 Å². The molecule has 0 fully saturated rings. The van der Waals surface area contributed by atoms with Gasteiger partial charge in [0.15, 0.2) is 0 Å². The van der Waals surface area contributed by atoms with Crippen molar-refractivity contribution in [1.82, 2.24) is 9.91 Å². The van der Waals surface area contributed by atoms with Crippen LogP contribution in [0.1, 0.15) is 48.5 Å². The molecule has 0 aliphatic carbocycles. The number of benzene rings is 1. The lowest BCUT2D eigenvalue weighted by atomic mass is 9.81. The lowest BCUT2D eigenvalue weighted by Crippen LogP contribution is -2.51. The maximum absolute atomic E-state index is 12.6. The predicted octanol–water partition coefficient (Wildman–Crippen LogP) is 2.22. The molecule has 0 unspecified atom stereocenters. The Bertz CT molecular complexity index is 473. The zero-order valence-electron chi connectivity index (χ0n) is 12.7. The Labute approximate surface area is 121 Å². The van der Waals surface area contributed by atoms with E-state index >= 15 is 0 Å². The molecule has 2 rings (SSSR count). The van der Waals surface area contributed by atoms with E-state index in [2.05, 4.69) is 19.9 Å². The smallest absolute Gasteiger partial charge is 0.254 e. The minimum Gasteiger partial charge on any atom is -0.335 e. The summed E-state index contributed by atoms with van der Waals surface area (Å²) in [4.78, 5) is 14.7. The number of nitrogens with zero attached hydrogens (tertiary/aromatic N) is 2. The van der Waals surface area contributed by atoms with Crippen LogP contribution >= 0.6 is 0 Å². The summed E-state index contributed by atoms with van der Waals surface area (Å²) in [5, 5.41) is 1.73. The number of rotatable bonds is 5. The van der Waals surface area contributed by atoms with Crippen LogP contribution in [0.3, 0.4) is 0 Å². The van der Waals surface area contributed by atoms with Gasteiger partial charge in [0.2, 0.25) is 0 Å². The molecule has 1 aliphatic heterocycles. The van der Waals surface area contributed by atoms with Gasteiger partial charge in [0, 0.05) is 37.7 Å². The summed E-state index contributed by atoms with van der Waals surface area (Å²) < 4.78 is 0. The molecule has 4 nitrogen and oxygen atoms in total. The standard InChI is InChI=1S/C16H25N3O/c1-4-8-15-14(11-18(3)17)12-9-6-7-10-13(12)16(20)19(15)5-2/h6-7,9-10,14-15H,4-5,8,11,17H2,1-3H3/t14-,15+/m1/s1. The zero-order valence-corrected chi connectivity index (χ0v) is 12.7. The Hall–Kier alpha value is -1.39. The summed E-state index contributed by atoms with van der Waals surface area (Å²) in [5.74, 6) is 6.35. The SMILES string of the molecule is CCC[C@H]1[C@H](CN(C)N)c2ccccc2C(=O)N1CC. The van der Waals surface area contributed by atoms with Gasteiger partial charge in [-0.25, -0.2) is 5.01 Å². The van der Waals surface area contributed by atoms with E-state index < -0.39 is 0 Å². The van der Waals surface area contributed by atoms with Crippen LogP contribution in [-0.4, -0.2) is 42.0 Å². The lowest BCUT2D eigenvalue weighted by molar-refractivity contribution is 0.0588. The normalized spacial score (nSPS) is 22.2. The monoisotopic (exact) mass is 275 g/mol. The second kappa shape index (κ2) is 6.37. The van der Waals surface area contributed by atoms with Gasteiger partial charge in [-0.2, -0.15) is 0 Å². The van der Waals surface area contributed by atoms with Crippen LogP contribution in [0.2, 0.25) is 0 Å². The Kier molecular flexibility index (Phi) is 4.78. The van der Waals surface area contributed by atoms with E-state index in [1.165, 1.54) is 0 Å². The van der Waals surface area contributed by atoms with Gasteiger partial charge in [-0.1, -0.05) is 31.5 Å². The number of hydrogen-bond acceptors (Lipinski definition) is 3. The summed E-state index contributed by atoms with van der Waals surface area (Å²) in [7, 11) is 1.89. The lowest BCUT2D eigenvalue weighted by Gasteiger charge is -2.42. The fourth-order valence-corrected chi connectivity index (χ4v) is 3.31. The molecule has 0 aromatic heterocycles. The topological polar surface area (TPSA) is 49.6 Å². The molecule has 4 heteroatoms. The molecule has 1 heterocycles. The third-order valence-corrected chi connectivity index (χ3v) is 4.13. The van der Waals surface area contributed by atoms with Gasteiger partial charge >= 0.3 is 0 Å². The molecule has 1 aromatic rings. The van der Waals surface area contributed by atoms with E-state index in [1.54, 1.807) is 5.01 Å². The largest absolute Gasteiger partial charge is 0.335 e. The van der Waals surface area contributed by atoms with Crippen LogP contribution in [0.25, 0.3) is 0 Å². The van der Waals surface area contributed by atoms with Gasteiger partial charge in [-0.05, 0) is 25.0 Å². The summed E-state index contributed by atoms with van der Waals surface area (Å²) in [6.07, 6.45) is 2.09. The van der Waals surface area contributed by atoms with Crippen LogP contribution in [0.5, 0.6) is 0 Å². The van der Waals surface area contributed by atoms with Crippen molar-refractivity contribution < 1.29 is 4.79 Å². The number of hydrazine groups is 1. The van der Waals surface area contributed by atoms with E-state index in [0.29, 0.717) is 5.92 Å². The van der Waals surface area contributed by atoms with Gasteiger partial charge in [0.25, 0.3) is 5.91 Å². The number of amides is 1. The first-order valence-corrected chi connectivity index (χ1v) is 7.45. The summed E-state index contributed by atoms with van der Waals surface area (Å²) in [6, 6.07) is 8.22. The molecule has 1 amide bonds. The average molecular weight is 275 g/mol. The molecule has 2 N–H and O–H groups in total. The Morgan fingerprint density at radius 2 is 2.00 bits per heavy atom. The van der Waals surface area contributed by atoms with Crippen molar-refractivity contribution in [3.63, 3.8) is 0 Å². The van der Waals surface area contributed by atoms with E-state index in [4.69, 9.17) is 5.84 Å². The van der Waals surface area contributed by atoms with Crippen molar-refractivity contribution >= 4 is 5.91 Å². The molecular weight excluding hydrogens is 250 g/mol. The van der Waals surface area contributed by atoms with Gasteiger partial charge in [-0.15, -0.1) is 0 Å². The highest BCUT2D eigenvalue weighted by Gasteiger charge is 2.38. The highest BCUT2D eigenvalue weighted by atomic mass is 16.2. The Balaban J connectivity index is 2.47. The first-order chi connectivity index (χ1) is 9.60. The fourth-order valence-electron chi connectivity index (χ4n) is 3.31. The number of carbonyl (C=O) groups excluding carboxylic acids is 1. The zero-order chi connectivity index (χ0) is 14.7. The molecule has 1 aromatic carbocycles. The Morgan fingerprint density at radius 3 is 2.60 bits per heavy atom. The molecule has 0 bridgehead atoms. The molecule has 0 saturated carbocycles. The van der Waals surface area contributed by atoms with Gasteiger partial charge in [-0.3, -0.25) is 10.6 Å². The first-order valence-electron chi connectivity index (χ1n) is 7.45. The Morgan fingerprint density at radius 1 is 1.30 bits per heavy atom. The number of hydrogen-bond donors (Lipinski definition) is 1. The first kappa shape index (κ1) is 15.0. The van der Waals surface area contributed by atoms with Crippen LogP contribution in [0.15, 0.2) is 24.3 Å². The van der Waals surface area contributed by atoms with Crippen LogP contribution in [0.4, 0.5) is 0 Å². The number of nitrogens with two attached hydrogens (primary N) is 1. The van der Waals surface area contributed by atoms with Crippen molar-refractivity contribution in [3.8, 4) is 0 Å². The van der Waals surface area contributed by atoms with Crippen LogP contribution in [-0.2, 0) is 0 Å². The average Bonchev–Trinajstić information content (AvgIpc) is 2.43. The highest BCUT2D eigenvalue weighted by molar-refractivity contribution is 5.97. The van der Waals surface area contributed by atoms with E-state index in [9.17, 15) is 4.79 Å². The van der Waals surface area contributed by atoms with Crippen LogP contribution < -0.4 is 5.84 Å². The van der Waals surface area contributed by atoms with Crippen LogP contribution in [0, 0.1) is 0 Å². The van der Waals surface area contributed by atoms with E-state index in [-0.39, 0.29) is 11.9 Å². The highest BCUT2D eigenvalue weighted by Crippen LogP contribution is 2.35. The predicted molar refractivity (Wildman–Crippen MR) is 81.4 cm³/mol. The van der Waals surface area contributed by atoms with Crippen molar-refractivity contribution in [1.29, 1.82) is 0 Å². The molecular formula is C16H25N3O. The molecule has 0 radical (unpaired) electrons. The van der Waals surface area contributed by atoms with Crippen molar-refractivity contribution in [2.75, 3.05) is 20.1 Å².